The van der Waals surface area contributed by atoms with Gasteiger partial charge in [-0.15, -0.1) is 0 Å². The van der Waals surface area contributed by atoms with Crippen molar-refractivity contribution in [2.75, 3.05) is 5.32 Å². The summed E-state index contributed by atoms with van der Waals surface area (Å²) in [6, 6.07) is 7.29. The summed E-state index contributed by atoms with van der Waals surface area (Å²) in [5, 5.41) is 2.74. The summed E-state index contributed by atoms with van der Waals surface area (Å²) in [7, 11) is 0. The van der Waals surface area contributed by atoms with E-state index in [4.69, 9.17) is 0 Å². The van der Waals surface area contributed by atoms with E-state index in [2.05, 4.69) is 24.1 Å². The van der Waals surface area contributed by atoms with Crippen molar-refractivity contribution in [1.82, 2.24) is 9.55 Å². The van der Waals surface area contributed by atoms with E-state index in [0.29, 0.717) is 23.8 Å². The van der Waals surface area contributed by atoms with Crippen molar-refractivity contribution in [3.05, 3.63) is 57.6 Å². The van der Waals surface area contributed by atoms with Crippen LogP contribution in [-0.4, -0.2) is 15.5 Å². The van der Waals surface area contributed by atoms with Crippen LogP contribution in [-0.2, 0) is 13.0 Å². The molecule has 0 radical (unpaired) electrons. The third-order valence-corrected chi connectivity index (χ3v) is 3.96. The van der Waals surface area contributed by atoms with E-state index in [0.717, 1.165) is 18.5 Å². The molecule has 1 N–H and O–H groups in total. The Hall–Kier alpha value is -2.43. The number of nitrogens with one attached hydrogen (secondary N) is 1. The van der Waals surface area contributed by atoms with Gasteiger partial charge in [-0.05, 0) is 49.4 Å². The normalized spacial score (nSPS) is 10.9. The maximum Gasteiger partial charge on any atom is 0.263 e. The van der Waals surface area contributed by atoms with Gasteiger partial charge in [0.1, 0.15) is 11.4 Å². The molecule has 5 nitrogen and oxygen atoms in total. The molecular formula is C19H25N3O2. The van der Waals surface area contributed by atoms with Crippen molar-refractivity contribution < 1.29 is 4.79 Å². The number of anilines is 1. The quantitative estimate of drug-likeness (QED) is 0.884. The van der Waals surface area contributed by atoms with Gasteiger partial charge in [0.05, 0.1) is 0 Å². The van der Waals surface area contributed by atoms with Crippen LogP contribution in [0.3, 0.4) is 0 Å². The third kappa shape index (κ3) is 4.31. The molecule has 128 valence electrons. The monoisotopic (exact) mass is 327 g/mol. The topological polar surface area (TPSA) is 64.0 Å². The zero-order valence-corrected chi connectivity index (χ0v) is 14.8. The molecule has 0 aliphatic rings. The Morgan fingerprint density at radius 3 is 2.71 bits per heavy atom. The Labute approximate surface area is 142 Å². The van der Waals surface area contributed by atoms with Gasteiger partial charge in [0.25, 0.3) is 11.5 Å². The first kappa shape index (κ1) is 17.9. The first-order valence-electron chi connectivity index (χ1n) is 8.39. The predicted molar refractivity (Wildman–Crippen MR) is 96.5 cm³/mol. The van der Waals surface area contributed by atoms with Crippen LogP contribution in [0.1, 0.15) is 48.8 Å². The fraction of sp³-hybridized carbons (Fsp3) is 0.421. The lowest BCUT2D eigenvalue weighted by molar-refractivity contribution is 0.102. The van der Waals surface area contributed by atoms with E-state index in [1.807, 2.05) is 25.1 Å². The molecule has 5 heteroatoms. The summed E-state index contributed by atoms with van der Waals surface area (Å²) in [6.45, 7) is 8.61. The number of carbonyl (C=O) groups is 1. The van der Waals surface area contributed by atoms with Crippen LogP contribution in [0.4, 0.5) is 5.82 Å². The van der Waals surface area contributed by atoms with Crippen LogP contribution in [0, 0.1) is 12.8 Å². The Kier molecular flexibility index (Phi) is 5.90. The largest absolute Gasteiger partial charge is 0.315 e. The average Bonchev–Trinajstić information content (AvgIpc) is 2.54. The van der Waals surface area contributed by atoms with Crippen molar-refractivity contribution in [1.29, 1.82) is 0 Å². The highest BCUT2D eigenvalue weighted by Crippen LogP contribution is 2.10. The number of hydrogen-bond donors (Lipinski definition) is 1. The fourth-order valence-electron chi connectivity index (χ4n) is 2.44. The van der Waals surface area contributed by atoms with E-state index in [1.165, 1.54) is 0 Å². The predicted octanol–water partition coefficient (Wildman–Crippen LogP) is 3.41. The maximum atomic E-state index is 12.6. The number of aromatic nitrogens is 2. The first-order chi connectivity index (χ1) is 11.4. The van der Waals surface area contributed by atoms with Crippen molar-refractivity contribution in [2.45, 2.75) is 47.1 Å². The van der Waals surface area contributed by atoms with Gasteiger partial charge in [-0.3, -0.25) is 9.59 Å². The van der Waals surface area contributed by atoms with Crippen molar-refractivity contribution in [2.24, 2.45) is 5.92 Å². The highest BCUT2D eigenvalue weighted by Gasteiger charge is 2.16. The summed E-state index contributed by atoms with van der Waals surface area (Å²) >= 11 is 0. The van der Waals surface area contributed by atoms with E-state index >= 15 is 0 Å². The lowest BCUT2D eigenvalue weighted by Gasteiger charge is -2.12. The molecule has 0 aromatic carbocycles. The van der Waals surface area contributed by atoms with Gasteiger partial charge in [0.15, 0.2) is 0 Å². The zero-order valence-electron chi connectivity index (χ0n) is 14.8. The molecule has 0 unspecified atom stereocenters. The molecular weight excluding hydrogens is 302 g/mol. The lowest BCUT2D eigenvalue weighted by atomic mass is 10.1. The molecule has 0 atom stereocenters. The molecule has 1 amide bonds. The molecule has 0 fully saturated rings. The molecule has 0 bridgehead atoms. The van der Waals surface area contributed by atoms with Gasteiger partial charge in [0, 0.05) is 18.4 Å². The Bertz CT molecular complexity index is 778. The molecule has 2 heterocycles. The summed E-state index contributed by atoms with van der Waals surface area (Å²) in [6.07, 6.45) is 3.44. The summed E-state index contributed by atoms with van der Waals surface area (Å²) < 4.78 is 1.61. The van der Waals surface area contributed by atoms with Crippen LogP contribution in [0.5, 0.6) is 0 Å². The zero-order chi connectivity index (χ0) is 17.7. The second kappa shape index (κ2) is 7.90. The Balaban J connectivity index is 2.27. The van der Waals surface area contributed by atoms with Gasteiger partial charge in [0.2, 0.25) is 0 Å². The second-order valence-corrected chi connectivity index (χ2v) is 6.38. The molecule has 2 rings (SSSR count). The average molecular weight is 327 g/mol. The van der Waals surface area contributed by atoms with Crippen LogP contribution < -0.4 is 10.9 Å². The number of nitrogens with zero attached hydrogens (tertiary/aromatic N) is 2. The summed E-state index contributed by atoms with van der Waals surface area (Å²) in [5.74, 6) is 0.560. The van der Waals surface area contributed by atoms with Gasteiger partial charge in [-0.25, -0.2) is 4.98 Å². The van der Waals surface area contributed by atoms with Crippen LogP contribution in [0.2, 0.25) is 0 Å². The summed E-state index contributed by atoms with van der Waals surface area (Å²) in [5.41, 5.74) is 1.50. The first-order valence-corrected chi connectivity index (χ1v) is 8.39. The minimum Gasteiger partial charge on any atom is -0.315 e. The molecule has 24 heavy (non-hydrogen) atoms. The van der Waals surface area contributed by atoms with E-state index < -0.39 is 5.91 Å². The molecule has 2 aromatic rings. The number of aryl methyl sites for hydroxylation is 3. The number of carbonyl (C=O) groups excluding carboxylic acids is 1. The highest BCUT2D eigenvalue weighted by atomic mass is 16.2. The van der Waals surface area contributed by atoms with Gasteiger partial charge in [-0.1, -0.05) is 26.8 Å². The van der Waals surface area contributed by atoms with Crippen LogP contribution in [0.25, 0.3) is 0 Å². The van der Waals surface area contributed by atoms with E-state index in [1.54, 1.807) is 23.8 Å². The Morgan fingerprint density at radius 1 is 1.29 bits per heavy atom. The van der Waals surface area contributed by atoms with Gasteiger partial charge < -0.3 is 9.88 Å². The Morgan fingerprint density at radius 2 is 2.04 bits per heavy atom. The van der Waals surface area contributed by atoms with E-state index in [9.17, 15) is 9.59 Å². The van der Waals surface area contributed by atoms with Gasteiger partial charge in [-0.2, -0.15) is 0 Å². The standard InChI is InChI=1S/C19H25N3O2/c1-5-15-7-6-8-16(20-15)21-18(23)17-14(4)10-12-22(19(17)24)11-9-13(2)3/h6-8,10,12-13H,5,9,11H2,1-4H3,(H,20,21,23). The van der Waals surface area contributed by atoms with E-state index in [-0.39, 0.29) is 11.1 Å². The minimum atomic E-state index is -0.405. The molecule has 0 saturated carbocycles. The number of amides is 1. The van der Waals surface area contributed by atoms with Crippen molar-refractivity contribution in [3.63, 3.8) is 0 Å². The van der Waals surface area contributed by atoms with Crippen LogP contribution in [0.15, 0.2) is 35.3 Å². The van der Waals surface area contributed by atoms with Gasteiger partial charge >= 0.3 is 0 Å². The van der Waals surface area contributed by atoms with Crippen molar-refractivity contribution in [3.8, 4) is 0 Å². The molecule has 0 aliphatic heterocycles. The fourth-order valence-corrected chi connectivity index (χ4v) is 2.44. The maximum absolute atomic E-state index is 12.6. The molecule has 0 spiro atoms. The highest BCUT2D eigenvalue weighted by molar-refractivity contribution is 6.04. The third-order valence-electron chi connectivity index (χ3n) is 3.96. The minimum absolute atomic E-state index is 0.185. The van der Waals surface area contributed by atoms with Crippen LogP contribution >= 0.6 is 0 Å². The summed E-state index contributed by atoms with van der Waals surface area (Å²) in [4.78, 5) is 29.6. The SMILES string of the molecule is CCc1cccc(NC(=O)c2c(C)ccn(CCC(C)C)c2=O)n1. The smallest absolute Gasteiger partial charge is 0.263 e. The molecule has 0 aliphatic carbocycles. The number of pyridine rings is 2. The van der Waals surface area contributed by atoms with Crippen molar-refractivity contribution >= 4 is 11.7 Å². The lowest BCUT2D eigenvalue weighted by Crippen LogP contribution is -2.30. The second-order valence-electron chi connectivity index (χ2n) is 6.38. The molecule has 0 saturated heterocycles. The number of rotatable bonds is 6. The number of hydrogen-bond acceptors (Lipinski definition) is 3. The molecule has 2 aromatic heterocycles.